The molecule has 0 saturated heterocycles. The van der Waals surface area contributed by atoms with Crippen LogP contribution in [0.15, 0.2) is 0 Å². The quantitative estimate of drug-likeness (QED) is 0.799. The Hall–Kier alpha value is -0.450. The van der Waals surface area contributed by atoms with Gasteiger partial charge in [0.1, 0.15) is 0 Å². The molecule has 3 nitrogen and oxygen atoms in total. The molecule has 1 unspecified atom stereocenters. The second kappa shape index (κ2) is 3.96. The molecule has 1 aromatic rings. The molecule has 1 aliphatic heterocycles. The van der Waals surface area contributed by atoms with Crippen LogP contribution in [0, 0.1) is 0 Å². The Kier molecular flexibility index (Phi) is 2.85. The molecule has 78 valence electrons. The lowest BCUT2D eigenvalue weighted by Crippen LogP contribution is -2.25. The number of hydrogen-bond acceptors (Lipinski definition) is 4. The molecule has 0 saturated carbocycles. The zero-order valence-electron chi connectivity index (χ0n) is 8.79. The normalized spacial score (nSPS) is 19.4. The van der Waals surface area contributed by atoms with E-state index in [1.54, 1.807) is 0 Å². The Bertz CT molecular complexity index is 321. The second-order valence-electron chi connectivity index (χ2n) is 4.05. The van der Waals surface area contributed by atoms with Gasteiger partial charge in [0.15, 0.2) is 0 Å². The fraction of sp³-hybridized carbons (Fsp3) is 0.700. The highest BCUT2D eigenvalue weighted by molar-refractivity contribution is 7.11. The molecular weight excluding hydrogens is 194 g/mol. The first kappa shape index (κ1) is 10.1. The number of likely N-dealkylation sites (N-methyl/N-ethyl adjacent to an activating group) is 1. The van der Waals surface area contributed by atoms with E-state index in [0.717, 1.165) is 19.5 Å². The predicted molar refractivity (Wildman–Crippen MR) is 59.6 cm³/mol. The third-order valence-electron chi connectivity index (χ3n) is 2.71. The average Bonchev–Trinajstić information content (AvgIpc) is 2.59. The number of nitrogens with zero attached hydrogens (tertiary/aromatic N) is 2. The molecule has 0 fully saturated rings. The fourth-order valence-corrected chi connectivity index (χ4v) is 2.91. The van der Waals surface area contributed by atoms with E-state index in [9.17, 15) is 0 Å². The average molecular weight is 211 g/mol. The van der Waals surface area contributed by atoms with Crippen molar-refractivity contribution in [3.63, 3.8) is 0 Å². The molecule has 0 aliphatic carbocycles. The van der Waals surface area contributed by atoms with Crippen LogP contribution < -0.4 is 5.73 Å². The maximum absolute atomic E-state index is 5.65. The van der Waals surface area contributed by atoms with Gasteiger partial charge < -0.3 is 10.6 Å². The predicted octanol–water partition coefficient (Wildman–Crippen LogP) is 1.19. The van der Waals surface area contributed by atoms with Gasteiger partial charge in [0, 0.05) is 36.9 Å². The molecule has 1 atom stereocenters. The molecule has 2 heterocycles. The van der Waals surface area contributed by atoms with Gasteiger partial charge in [-0.15, -0.1) is 11.3 Å². The zero-order chi connectivity index (χ0) is 10.1. The van der Waals surface area contributed by atoms with Gasteiger partial charge >= 0.3 is 0 Å². The first-order valence-corrected chi connectivity index (χ1v) is 5.89. The highest BCUT2D eigenvalue weighted by Crippen LogP contribution is 2.28. The lowest BCUT2D eigenvalue weighted by molar-refractivity contribution is 0.314. The van der Waals surface area contributed by atoms with Crippen molar-refractivity contribution in [2.24, 2.45) is 5.73 Å². The van der Waals surface area contributed by atoms with Crippen molar-refractivity contribution < 1.29 is 0 Å². The fourth-order valence-electron chi connectivity index (χ4n) is 1.65. The van der Waals surface area contributed by atoms with Crippen LogP contribution in [0.1, 0.15) is 28.4 Å². The third kappa shape index (κ3) is 1.82. The summed E-state index contributed by atoms with van der Waals surface area (Å²) in [6, 6.07) is 0. The molecule has 0 aromatic carbocycles. The molecule has 4 heteroatoms. The number of thiazole rings is 1. The van der Waals surface area contributed by atoms with Crippen molar-refractivity contribution in [1.29, 1.82) is 0 Å². The SMILES string of the molecule is CC(CN)c1nc2c(s1)CN(C)CC2. The van der Waals surface area contributed by atoms with Crippen LogP contribution in [-0.4, -0.2) is 30.0 Å². The van der Waals surface area contributed by atoms with Crippen molar-refractivity contribution in [3.05, 3.63) is 15.6 Å². The van der Waals surface area contributed by atoms with Gasteiger partial charge in [-0.25, -0.2) is 4.98 Å². The topological polar surface area (TPSA) is 42.1 Å². The summed E-state index contributed by atoms with van der Waals surface area (Å²) in [6.45, 7) is 5.04. The van der Waals surface area contributed by atoms with E-state index < -0.39 is 0 Å². The summed E-state index contributed by atoms with van der Waals surface area (Å²) in [4.78, 5) is 8.45. The Morgan fingerprint density at radius 3 is 3.14 bits per heavy atom. The maximum atomic E-state index is 5.65. The van der Waals surface area contributed by atoms with Crippen LogP contribution >= 0.6 is 11.3 Å². The molecule has 2 N–H and O–H groups in total. The van der Waals surface area contributed by atoms with Crippen LogP contribution in [0.5, 0.6) is 0 Å². The first-order chi connectivity index (χ1) is 6.70. The van der Waals surface area contributed by atoms with Crippen LogP contribution in [-0.2, 0) is 13.0 Å². The Morgan fingerprint density at radius 2 is 2.43 bits per heavy atom. The highest BCUT2D eigenvalue weighted by atomic mass is 32.1. The molecule has 1 aliphatic rings. The van der Waals surface area contributed by atoms with E-state index in [-0.39, 0.29) is 0 Å². The summed E-state index contributed by atoms with van der Waals surface area (Å²) in [5.41, 5.74) is 6.95. The van der Waals surface area contributed by atoms with E-state index >= 15 is 0 Å². The van der Waals surface area contributed by atoms with E-state index in [0.29, 0.717) is 12.5 Å². The van der Waals surface area contributed by atoms with Crippen molar-refractivity contribution in [2.75, 3.05) is 20.1 Å². The molecule has 14 heavy (non-hydrogen) atoms. The van der Waals surface area contributed by atoms with E-state index in [4.69, 9.17) is 5.73 Å². The van der Waals surface area contributed by atoms with Crippen molar-refractivity contribution >= 4 is 11.3 Å². The number of nitrogens with two attached hydrogens (primary N) is 1. The lowest BCUT2D eigenvalue weighted by atomic mass is 10.2. The standard InChI is InChI=1S/C10H17N3S/c1-7(5-11)10-12-8-3-4-13(2)6-9(8)14-10/h7H,3-6,11H2,1-2H3. The van der Waals surface area contributed by atoms with Gasteiger partial charge in [-0.05, 0) is 7.05 Å². The summed E-state index contributed by atoms with van der Waals surface area (Å²) in [6.07, 6.45) is 1.10. The molecule has 0 spiro atoms. The Morgan fingerprint density at radius 1 is 1.64 bits per heavy atom. The Balaban J connectivity index is 2.23. The van der Waals surface area contributed by atoms with E-state index in [1.807, 2.05) is 11.3 Å². The third-order valence-corrected chi connectivity index (χ3v) is 4.03. The number of fused-ring (bicyclic) bond motifs is 1. The molecule has 2 rings (SSSR count). The summed E-state index contributed by atoms with van der Waals surface area (Å²) < 4.78 is 0. The number of rotatable bonds is 2. The van der Waals surface area contributed by atoms with Crippen molar-refractivity contribution in [2.45, 2.75) is 25.8 Å². The molecule has 0 radical (unpaired) electrons. The minimum atomic E-state index is 0.413. The van der Waals surface area contributed by atoms with Gasteiger partial charge in [-0.2, -0.15) is 0 Å². The van der Waals surface area contributed by atoms with E-state index in [1.165, 1.54) is 15.6 Å². The monoisotopic (exact) mass is 211 g/mol. The highest BCUT2D eigenvalue weighted by Gasteiger charge is 2.19. The molecule has 0 bridgehead atoms. The van der Waals surface area contributed by atoms with Crippen LogP contribution in [0.2, 0.25) is 0 Å². The van der Waals surface area contributed by atoms with Gasteiger partial charge in [0.05, 0.1) is 10.7 Å². The smallest absolute Gasteiger partial charge is 0.0972 e. The van der Waals surface area contributed by atoms with Gasteiger partial charge in [-0.3, -0.25) is 0 Å². The summed E-state index contributed by atoms with van der Waals surface area (Å²) in [5.74, 6) is 0.413. The van der Waals surface area contributed by atoms with Crippen molar-refractivity contribution in [3.8, 4) is 0 Å². The van der Waals surface area contributed by atoms with Gasteiger partial charge in [0.25, 0.3) is 0 Å². The van der Waals surface area contributed by atoms with Gasteiger partial charge in [0.2, 0.25) is 0 Å². The molecule has 1 aromatic heterocycles. The summed E-state index contributed by atoms with van der Waals surface area (Å²) >= 11 is 1.84. The van der Waals surface area contributed by atoms with Crippen LogP contribution in [0.3, 0.4) is 0 Å². The van der Waals surface area contributed by atoms with Crippen LogP contribution in [0.4, 0.5) is 0 Å². The van der Waals surface area contributed by atoms with Gasteiger partial charge in [-0.1, -0.05) is 6.92 Å². The zero-order valence-corrected chi connectivity index (χ0v) is 9.60. The maximum Gasteiger partial charge on any atom is 0.0972 e. The lowest BCUT2D eigenvalue weighted by Gasteiger charge is -2.20. The number of hydrogen-bond donors (Lipinski definition) is 1. The minimum absolute atomic E-state index is 0.413. The summed E-state index contributed by atoms with van der Waals surface area (Å²) in [5, 5.41) is 1.22. The number of aromatic nitrogens is 1. The van der Waals surface area contributed by atoms with E-state index in [2.05, 4.69) is 23.9 Å². The largest absolute Gasteiger partial charge is 0.330 e. The molecule has 0 amide bonds. The Labute approximate surface area is 88.9 Å². The minimum Gasteiger partial charge on any atom is -0.330 e. The van der Waals surface area contributed by atoms with Crippen molar-refractivity contribution in [1.82, 2.24) is 9.88 Å². The second-order valence-corrected chi connectivity index (χ2v) is 5.16. The summed E-state index contributed by atoms with van der Waals surface area (Å²) in [7, 11) is 2.16. The first-order valence-electron chi connectivity index (χ1n) is 5.07. The molecular formula is C10H17N3S. The van der Waals surface area contributed by atoms with Crippen LogP contribution in [0.25, 0.3) is 0 Å².